The number of ether oxygens (including phenoxy) is 2. The predicted octanol–water partition coefficient (Wildman–Crippen LogP) is 2.87. The van der Waals surface area contributed by atoms with Gasteiger partial charge in [0.1, 0.15) is 0 Å². The second-order valence-electron chi connectivity index (χ2n) is 3.12. The largest absolute Gasteiger partial charge is 0.352 e. The molecular formula is C13H16O2. The maximum absolute atomic E-state index is 5.42. The molecule has 80 valence electrons. The smallest absolute Gasteiger partial charge is 0.176 e. The first-order valence-corrected chi connectivity index (χ1v) is 4.78. The number of methoxy groups -OCH3 is 1. The Morgan fingerprint density at radius 2 is 2.07 bits per heavy atom. The van der Waals surface area contributed by atoms with Crippen molar-refractivity contribution in [2.45, 2.75) is 6.29 Å². The van der Waals surface area contributed by atoms with Gasteiger partial charge in [0.05, 0.1) is 6.61 Å². The summed E-state index contributed by atoms with van der Waals surface area (Å²) >= 11 is 0. The van der Waals surface area contributed by atoms with Gasteiger partial charge in [0.25, 0.3) is 0 Å². The third-order valence-corrected chi connectivity index (χ3v) is 2.03. The topological polar surface area (TPSA) is 18.5 Å². The van der Waals surface area contributed by atoms with Crippen LogP contribution < -0.4 is 0 Å². The van der Waals surface area contributed by atoms with Gasteiger partial charge in [0.2, 0.25) is 0 Å². The molecule has 0 aliphatic heterocycles. The van der Waals surface area contributed by atoms with Crippen LogP contribution in [0.5, 0.6) is 0 Å². The van der Waals surface area contributed by atoms with Crippen LogP contribution in [0.25, 0.3) is 5.57 Å². The summed E-state index contributed by atoms with van der Waals surface area (Å²) in [6.45, 7) is 7.99. The minimum Gasteiger partial charge on any atom is -0.352 e. The third-order valence-electron chi connectivity index (χ3n) is 2.03. The Morgan fingerprint density at radius 3 is 2.60 bits per heavy atom. The third kappa shape index (κ3) is 3.70. The van der Waals surface area contributed by atoms with Crippen molar-refractivity contribution < 1.29 is 9.47 Å². The SMILES string of the molecule is C=CC(OC)OCC(=C)c1ccccc1. The van der Waals surface area contributed by atoms with Crippen molar-refractivity contribution in [3.8, 4) is 0 Å². The summed E-state index contributed by atoms with van der Waals surface area (Å²) in [5.41, 5.74) is 2.01. The van der Waals surface area contributed by atoms with Crippen molar-refractivity contribution >= 4 is 5.57 Å². The Morgan fingerprint density at radius 1 is 1.40 bits per heavy atom. The molecule has 1 atom stereocenters. The van der Waals surface area contributed by atoms with Crippen LogP contribution in [-0.2, 0) is 9.47 Å². The Balaban J connectivity index is 2.46. The van der Waals surface area contributed by atoms with E-state index in [1.807, 2.05) is 30.3 Å². The van der Waals surface area contributed by atoms with Crippen molar-refractivity contribution in [2.24, 2.45) is 0 Å². The molecule has 0 amide bonds. The van der Waals surface area contributed by atoms with Gasteiger partial charge in [0, 0.05) is 7.11 Å². The highest BCUT2D eigenvalue weighted by Crippen LogP contribution is 2.12. The van der Waals surface area contributed by atoms with Crippen LogP contribution in [0.2, 0.25) is 0 Å². The first-order valence-electron chi connectivity index (χ1n) is 4.78. The van der Waals surface area contributed by atoms with E-state index in [9.17, 15) is 0 Å². The van der Waals surface area contributed by atoms with Gasteiger partial charge in [-0.2, -0.15) is 0 Å². The highest BCUT2D eigenvalue weighted by Gasteiger charge is 2.03. The molecule has 0 saturated heterocycles. The second-order valence-corrected chi connectivity index (χ2v) is 3.12. The fraction of sp³-hybridized carbons (Fsp3) is 0.231. The van der Waals surface area contributed by atoms with Gasteiger partial charge in [-0.05, 0) is 17.2 Å². The quantitative estimate of drug-likeness (QED) is 0.524. The van der Waals surface area contributed by atoms with E-state index in [2.05, 4.69) is 13.2 Å². The molecule has 0 aliphatic rings. The van der Waals surface area contributed by atoms with Crippen LogP contribution in [-0.4, -0.2) is 20.0 Å². The zero-order valence-electron chi connectivity index (χ0n) is 8.98. The average molecular weight is 204 g/mol. The first kappa shape index (κ1) is 11.7. The fourth-order valence-corrected chi connectivity index (χ4v) is 1.17. The van der Waals surface area contributed by atoms with Crippen molar-refractivity contribution in [3.05, 3.63) is 55.1 Å². The summed E-state index contributed by atoms with van der Waals surface area (Å²) in [4.78, 5) is 0. The molecule has 1 unspecified atom stereocenters. The monoisotopic (exact) mass is 204 g/mol. The molecule has 2 heteroatoms. The molecule has 1 aromatic rings. The van der Waals surface area contributed by atoms with Gasteiger partial charge >= 0.3 is 0 Å². The van der Waals surface area contributed by atoms with E-state index in [4.69, 9.17) is 9.47 Å². The molecule has 0 N–H and O–H groups in total. The second kappa shape index (κ2) is 6.17. The Kier molecular flexibility index (Phi) is 4.81. The van der Waals surface area contributed by atoms with E-state index in [1.165, 1.54) is 0 Å². The van der Waals surface area contributed by atoms with Crippen LogP contribution in [0.4, 0.5) is 0 Å². The molecule has 0 spiro atoms. The van der Waals surface area contributed by atoms with Gasteiger partial charge in [-0.1, -0.05) is 43.5 Å². The highest BCUT2D eigenvalue weighted by molar-refractivity contribution is 5.63. The number of hydrogen-bond acceptors (Lipinski definition) is 2. The lowest BCUT2D eigenvalue weighted by atomic mass is 10.1. The molecule has 0 aromatic heterocycles. The van der Waals surface area contributed by atoms with Gasteiger partial charge in [-0.3, -0.25) is 0 Å². The summed E-state index contributed by atoms with van der Waals surface area (Å²) in [5, 5.41) is 0. The molecule has 0 aliphatic carbocycles. The van der Waals surface area contributed by atoms with Crippen LogP contribution in [0, 0.1) is 0 Å². The minimum absolute atomic E-state index is 0.370. The lowest BCUT2D eigenvalue weighted by Gasteiger charge is -2.13. The molecule has 0 fully saturated rings. The fourth-order valence-electron chi connectivity index (χ4n) is 1.17. The maximum atomic E-state index is 5.42. The molecule has 15 heavy (non-hydrogen) atoms. The van der Waals surface area contributed by atoms with E-state index in [1.54, 1.807) is 13.2 Å². The van der Waals surface area contributed by atoms with Gasteiger partial charge in [-0.15, -0.1) is 0 Å². The minimum atomic E-state index is -0.370. The van der Waals surface area contributed by atoms with E-state index in [0.29, 0.717) is 6.61 Å². The van der Waals surface area contributed by atoms with Gasteiger partial charge < -0.3 is 9.47 Å². The van der Waals surface area contributed by atoms with E-state index in [0.717, 1.165) is 11.1 Å². The summed E-state index contributed by atoms with van der Waals surface area (Å²) in [7, 11) is 1.58. The van der Waals surface area contributed by atoms with E-state index >= 15 is 0 Å². The molecular weight excluding hydrogens is 188 g/mol. The summed E-state index contributed by atoms with van der Waals surface area (Å²) in [6.07, 6.45) is 1.24. The Bertz CT molecular complexity index is 317. The van der Waals surface area contributed by atoms with Crippen LogP contribution in [0.3, 0.4) is 0 Å². The molecule has 1 rings (SSSR count). The predicted molar refractivity (Wildman–Crippen MR) is 62.4 cm³/mol. The van der Waals surface area contributed by atoms with Crippen LogP contribution in [0.1, 0.15) is 5.56 Å². The van der Waals surface area contributed by atoms with E-state index in [-0.39, 0.29) is 6.29 Å². The standard InChI is InChI=1S/C13H16O2/c1-4-13(14-3)15-10-11(2)12-8-6-5-7-9-12/h4-9,13H,1-2,10H2,3H3. The Hall–Kier alpha value is -1.38. The molecule has 0 heterocycles. The maximum Gasteiger partial charge on any atom is 0.176 e. The van der Waals surface area contributed by atoms with Crippen molar-refractivity contribution in [1.82, 2.24) is 0 Å². The van der Waals surface area contributed by atoms with Crippen LogP contribution >= 0.6 is 0 Å². The molecule has 2 nitrogen and oxygen atoms in total. The lowest BCUT2D eigenvalue weighted by Crippen LogP contribution is -2.13. The summed E-state index contributed by atoms with van der Waals surface area (Å²) < 4.78 is 10.4. The molecule has 0 saturated carbocycles. The summed E-state index contributed by atoms with van der Waals surface area (Å²) in [5.74, 6) is 0. The van der Waals surface area contributed by atoms with Gasteiger partial charge in [0.15, 0.2) is 6.29 Å². The lowest BCUT2D eigenvalue weighted by molar-refractivity contribution is -0.0784. The van der Waals surface area contributed by atoms with Crippen molar-refractivity contribution in [2.75, 3.05) is 13.7 Å². The molecule has 1 aromatic carbocycles. The van der Waals surface area contributed by atoms with Crippen molar-refractivity contribution in [3.63, 3.8) is 0 Å². The van der Waals surface area contributed by atoms with E-state index < -0.39 is 0 Å². The summed E-state index contributed by atoms with van der Waals surface area (Å²) in [6, 6.07) is 9.92. The number of hydrogen-bond donors (Lipinski definition) is 0. The first-order chi connectivity index (χ1) is 7.27. The number of rotatable bonds is 6. The Labute approximate surface area is 90.8 Å². The average Bonchev–Trinajstić information content (AvgIpc) is 2.31. The normalized spacial score (nSPS) is 12.1. The zero-order chi connectivity index (χ0) is 11.1. The highest BCUT2D eigenvalue weighted by atomic mass is 16.7. The van der Waals surface area contributed by atoms with Gasteiger partial charge in [-0.25, -0.2) is 0 Å². The molecule has 0 bridgehead atoms. The van der Waals surface area contributed by atoms with Crippen LogP contribution in [0.15, 0.2) is 49.6 Å². The zero-order valence-corrected chi connectivity index (χ0v) is 8.98. The number of benzene rings is 1. The molecule has 0 radical (unpaired) electrons. The van der Waals surface area contributed by atoms with Crippen molar-refractivity contribution in [1.29, 1.82) is 0 Å².